The van der Waals surface area contributed by atoms with Gasteiger partial charge in [-0.1, -0.05) is 36.4 Å². The van der Waals surface area contributed by atoms with E-state index in [2.05, 4.69) is 36.4 Å². The molecule has 1 aromatic carbocycles. The van der Waals surface area contributed by atoms with Gasteiger partial charge >= 0.3 is 0 Å². The average molecular weight is 271 g/mol. The van der Waals surface area contributed by atoms with Gasteiger partial charge in [0.1, 0.15) is 0 Å². The van der Waals surface area contributed by atoms with Gasteiger partial charge in [-0.15, -0.1) is 0 Å². The maximum atomic E-state index is 12.0. The summed E-state index contributed by atoms with van der Waals surface area (Å²) in [5.74, 6) is 0.0742. The van der Waals surface area contributed by atoms with Gasteiger partial charge in [0.2, 0.25) is 5.91 Å². The lowest BCUT2D eigenvalue weighted by molar-refractivity contribution is -0.134. The monoisotopic (exact) mass is 271 g/mol. The van der Waals surface area contributed by atoms with Gasteiger partial charge in [-0.3, -0.25) is 4.79 Å². The van der Waals surface area contributed by atoms with Crippen molar-refractivity contribution in [3.8, 4) is 0 Å². The molecule has 1 aliphatic heterocycles. The van der Waals surface area contributed by atoms with Crippen molar-refractivity contribution in [1.82, 2.24) is 4.90 Å². The number of piperidine rings is 1. The number of nitrogens with zero attached hydrogens (tertiary/aromatic N) is 1. The number of fused-ring (bicyclic) bond motifs is 2. The van der Waals surface area contributed by atoms with Crippen LogP contribution in [0, 0.1) is 0 Å². The second-order valence-corrected chi connectivity index (χ2v) is 6.01. The van der Waals surface area contributed by atoms with Crippen molar-refractivity contribution >= 4 is 12.0 Å². The summed E-state index contributed by atoms with van der Waals surface area (Å²) in [6.45, 7) is 3.23. The molecule has 0 aromatic heterocycles. The van der Waals surface area contributed by atoms with Gasteiger partial charge in [-0.2, -0.15) is 0 Å². The molecule has 1 aliphatic carbocycles. The van der Waals surface area contributed by atoms with Crippen LogP contribution < -0.4 is 0 Å². The van der Waals surface area contributed by atoms with Crippen LogP contribution in [0.4, 0.5) is 0 Å². The van der Waals surface area contributed by atoms with E-state index in [0.29, 0.717) is 0 Å². The molecule has 1 amide bonds. The van der Waals surface area contributed by atoms with Crippen LogP contribution >= 0.6 is 0 Å². The van der Waals surface area contributed by atoms with E-state index < -0.39 is 6.10 Å². The highest BCUT2D eigenvalue weighted by Gasteiger charge is 2.38. The molecule has 106 valence electrons. The number of rotatable bonds is 2. The van der Waals surface area contributed by atoms with Crippen molar-refractivity contribution in [3.05, 3.63) is 41.5 Å². The average Bonchev–Trinajstić information content (AvgIpc) is 2.78. The third-order valence-corrected chi connectivity index (χ3v) is 4.56. The minimum absolute atomic E-state index is 0.0742. The van der Waals surface area contributed by atoms with Crippen molar-refractivity contribution < 1.29 is 9.90 Å². The molecule has 3 heteroatoms. The topological polar surface area (TPSA) is 40.5 Å². The molecule has 1 aromatic rings. The zero-order valence-electron chi connectivity index (χ0n) is 11.9. The number of hydrogen-bond acceptors (Lipinski definition) is 2. The zero-order chi connectivity index (χ0) is 14.2. The smallest absolute Gasteiger partial charge is 0.225 e. The van der Waals surface area contributed by atoms with Crippen LogP contribution in [0.15, 0.2) is 30.3 Å². The molecular formula is C17H21NO2. The summed E-state index contributed by atoms with van der Waals surface area (Å²) < 4.78 is 0. The predicted molar refractivity (Wildman–Crippen MR) is 79.3 cm³/mol. The number of benzene rings is 1. The first-order valence-corrected chi connectivity index (χ1v) is 7.35. The normalized spacial score (nSPS) is 21.0. The predicted octanol–water partition coefficient (Wildman–Crippen LogP) is 2.34. The van der Waals surface area contributed by atoms with Gasteiger partial charge < -0.3 is 10.0 Å². The van der Waals surface area contributed by atoms with Crippen LogP contribution in [-0.2, 0) is 10.2 Å². The highest BCUT2D eigenvalue weighted by molar-refractivity contribution is 5.77. The van der Waals surface area contributed by atoms with Gasteiger partial charge in [-0.25, -0.2) is 0 Å². The van der Waals surface area contributed by atoms with Gasteiger partial charge in [-0.05, 0) is 30.9 Å². The number of aliphatic hydroxyl groups is 1. The van der Waals surface area contributed by atoms with Crippen LogP contribution in [0.1, 0.15) is 37.3 Å². The highest BCUT2D eigenvalue weighted by Crippen LogP contribution is 2.43. The fourth-order valence-corrected chi connectivity index (χ4v) is 3.41. The van der Waals surface area contributed by atoms with E-state index in [9.17, 15) is 9.90 Å². The fraction of sp³-hybridized carbons (Fsp3) is 0.471. The van der Waals surface area contributed by atoms with Gasteiger partial charge in [0, 0.05) is 18.5 Å². The highest BCUT2D eigenvalue weighted by atomic mass is 16.3. The number of carbonyl (C=O) groups is 1. The second-order valence-electron chi connectivity index (χ2n) is 6.01. The summed E-state index contributed by atoms with van der Waals surface area (Å²) in [5.41, 5.74) is 2.84. The molecule has 2 aliphatic rings. The van der Waals surface area contributed by atoms with Crippen molar-refractivity contribution in [2.45, 2.75) is 37.7 Å². The standard InChI is InChI=1S/C17H21NO2/c1-13(19)12-16(20)18-10-8-17(9-11-18)7-6-14-4-2-3-5-15(14)17/h2-7,13,19H,8-12H2,1H3. The first kappa shape index (κ1) is 13.4. The Labute approximate surface area is 119 Å². The Morgan fingerprint density at radius 1 is 1.35 bits per heavy atom. The molecule has 0 radical (unpaired) electrons. The summed E-state index contributed by atoms with van der Waals surface area (Å²) in [6, 6.07) is 8.54. The Morgan fingerprint density at radius 2 is 2.05 bits per heavy atom. The Morgan fingerprint density at radius 3 is 2.75 bits per heavy atom. The van der Waals surface area contributed by atoms with Crippen molar-refractivity contribution in [1.29, 1.82) is 0 Å². The minimum Gasteiger partial charge on any atom is -0.393 e. The van der Waals surface area contributed by atoms with Gasteiger partial charge in [0.25, 0.3) is 0 Å². The number of aliphatic hydroxyl groups excluding tert-OH is 1. The molecule has 1 N–H and O–H groups in total. The molecular weight excluding hydrogens is 250 g/mol. The van der Waals surface area contributed by atoms with E-state index in [-0.39, 0.29) is 17.7 Å². The lowest BCUT2D eigenvalue weighted by Gasteiger charge is -2.39. The van der Waals surface area contributed by atoms with Crippen LogP contribution in [-0.4, -0.2) is 35.1 Å². The second kappa shape index (κ2) is 5.06. The van der Waals surface area contributed by atoms with Crippen LogP contribution in [0.25, 0.3) is 6.08 Å². The summed E-state index contributed by atoms with van der Waals surface area (Å²) in [5, 5.41) is 9.33. The number of amides is 1. The largest absolute Gasteiger partial charge is 0.393 e. The van der Waals surface area contributed by atoms with Gasteiger partial charge in [0.05, 0.1) is 12.5 Å². The molecule has 0 bridgehead atoms. The molecule has 0 saturated carbocycles. The lowest BCUT2D eigenvalue weighted by atomic mass is 9.74. The van der Waals surface area contributed by atoms with E-state index in [1.54, 1.807) is 6.92 Å². The van der Waals surface area contributed by atoms with Crippen LogP contribution in [0.3, 0.4) is 0 Å². The lowest BCUT2D eigenvalue weighted by Crippen LogP contribution is -2.44. The van der Waals surface area contributed by atoms with Crippen molar-refractivity contribution in [3.63, 3.8) is 0 Å². The van der Waals surface area contributed by atoms with E-state index in [1.807, 2.05) is 4.90 Å². The van der Waals surface area contributed by atoms with Crippen LogP contribution in [0.2, 0.25) is 0 Å². The Balaban J connectivity index is 1.71. The maximum absolute atomic E-state index is 12.0. The first-order valence-electron chi connectivity index (χ1n) is 7.35. The molecule has 3 rings (SSSR count). The van der Waals surface area contributed by atoms with E-state index in [0.717, 1.165) is 25.9 Å². The number of allylic oxidation sites excluding steroid dienone is 1. The van der Waals surface area contributed by atoms with Gasteiger partial charge in [0.15, 0.2) is 0 Å². The van der Waals surface area contributed by atoms with E-state index >= 15 is 0 Å². The third-order valence-electron chi connectivity index (χ3n) is 4.56. The maximum Gasteiger partial charge on any atom is 0.225 e. The summed E-state index contributed by atoms with van der Waals surface area (Å²) >= 11 is 0. The third kappa shape index (κ3) is 2.27. The van der Waals surface area contributed by atoms with Crippen molar-refractivity contribution in [2.75, 3.05) is 13.1 Å². The quantitative estimate of drug-likeness (QED) is 0.897. The molecule has 1 unspecified atom stereocenters. The Hall–Kier alpha value is -1.61. The first-order chi connectivity index (χ1) is 9.61. The summed E-state index contributed by atoms with van der Waals surface area (Å²) in [7, 11) is 0. The van der Waals surface area contributed by atoms with E-state index in [4.69, 9.17) is 0 Å². The molecule has 20 heavy (non-hydrogen) atoms. The SMILES string of the molecule is CC(O)CC(=O)N1CCC2(C=Cc3ccccc32)CC1. The molecule has 1 saturated heterocycles. The number of likely N-dealkylation sites (tertiary alicyclic amines) is 1. The molecule has 1 atom stereocenters. The minimum atomic E-state index is -0.550. The molecule has 1 fully saturated rings. The number of hydrogen-bond donors (Lipinski definition) is 1. The zero-order valence-corrected chi connectivity index (χ0v) is 11.9. The molecule has 1 spiro atoms. The molecule has 1 heterocycles. The Kier molecular flexibility index (Phi) is 3.38. The summed E-state index contributed by atoms with van der Waals surface area (Å²) in [6.07, 6.45) is 6.17. The van der Waals surface area contributed by atoms with Crippen molar-refractivity contribution in [2.24, 2.45) is 0 Å². The number of carbonyl (C=O) groups excluding carboxylic acids is 1. The molecule has 3 nitrogen and oxygen atoms in total. The Bertz CT molecular complexity index is 540. The fourth-order valence-electron chi connectivity index (χ4n) is 3.41. The van der Waals surface area contributed by atoms with E-state index in [1.165, 1.54) is 11.1 Å². The summed E-state index contributed by atoms with van der Waals surface area (Å²) in [4.78, 5) is 13.9. The van der Waals surface area contributed by atoms with Crippen LogP contribution in [0.5, 0.6) is 0 Å².